The van der Waals surface area contributed by atoms with Gasteiger partial charge in [-0.3, -0.25) is 4.79 Å². The summed E-state index contributed by atoms with van der Waals surface area (Å²) >= 11 is 0. The molecule has 0 aliphatic carbocycles. The Morgan fingerprint density at radius 3 is 2.55 bits per heavy atom. The molecule has 10 heteroatoms. The molecule has 2 aliphatic rings. The summed E-state index contributed by atoms with van der Waals surface area (Å²) in [4.78, 5) is 37.5. The maximum absolute atomic E-state index is 14.2. The fraction of sp³-hybridized carbons (Fsp3) is 0.469. The predicted octanol–water partition coefficient (Wildman–Crippen LogP) is 4.66. The Balaban J connectivity index is 1.51. The molecule has 42 heavy (non-hydrogen) atoms. The van der Waals surface area contributed by atoms with E-state index in [1.807, 2.05) is 17.9 Å². The van der Waals surface area contributed by atoms with Crippen molar-refractivity contribution in [2.24, 2.45) is 0 Å². The van der Waals surface area contributed by atoms with Crippen LogP contribution in [0.3, 0.4) is 0 Å². The Morgan fingerprint density at radius 2 is 1.86 bits per heavy atom. The summed E-state index contributed by atoms with van der Waals surface area (Å²) in [6.45, 7) is 7.98. The van der Waals surface area contributed by atoms with E-state index in [0.29, 0.717) is 69.5 Å². The topological polar surface area (TPSA) is 93.7 Å². The van der Waals surface area contributed by atoms with Gasteiger partial charge in [0.15, 0.2) is 11.5 Å². The summed E-state index contributed by atoms with van der Waals surface area (Å²) in [7, 11) is 3.11. The number of anilines is 1. The Labute approximate surface area is 247 Å². The number of nitrogens with zero attached hydrogens (tertiary/aromatic N) is 4. The minimum absolute atomic E-state index is 0.0437. The third kappa shape index (κ3) is 6.23. The number of hydrogen-bond donors (Lipinski definition) is 0. The summed E-state index contributed by atoms with van der Waals surface area (Å²) in [5.41, 5.74) is 3.38. The van der Waals surface area contributed by atoms with E-state index in [-0.39, 0.29) is 18.1 Å². The number of carbonyl (C=O) groups excluding carboxylic acids is 2. The average molecular weight is 577 g/mol. The molecule has 3 heterocycles. The summed E-state index contributed by atoms with van der Waals surface area (Å²) in [5.74, 6) is 1.57. The van der Waals surface area contributed by atoms with Crippen LogP contribution in [0.15, 0.2) is 42.5 Å². The average Bonchev–Trinajstić information content (AvgIpc) is 3.53. The fourth-order valence-electron chi connectivity index (χ4n) is 5.77. The van der Waals surface area contributed by atoms with Gasteiger partial charge in [0.1, 0.15) is 5.82 Å². The van der Waals surface area contributed by atoms with Crippen molar-refractivity contribution in [1.82, 2.24) is 14.8 Å². The number of ether oxygens (including phenoxy) is 4. The lowest BCUT2D eigenvalue weighted by molar-refractivity contribution is 0.0504. The number of fused-ring (bicyclic) bond motifs is 1. The second-order valence-corrected chi connectivity index (χ2v) is 10.7. The van der Waals surface area contributed by atoms with E-state index in [0.717, 1.165) is 40.7 Å². The lowest BCUT2D eigenvalue weighted by Crippen LogP contribution is -2.49. The molecule has 3 aromatic rings. The zero-order valence-electron chi connectivity index (χ0n) is 24.9. The lowest BCUT2D eigenvalue weighted by Gasteiger charge is -2.36. The van der Waals surface area contributed by atoms with Crippen LogP contribution in [-0.2, 0) is 16.0 Å². The Bertz CT molecular complexity index is 1420. The van der Waals surface area contributed by atoms with Crippen LogP contribution in [0, 0.1) is 6.92 Å². The number of amides is 2. The molecule has 224 valence electrons. The number of aromatic nitrogens is 1. The first kappa shape index (κ1) is 29.4. The number of hydrogen-bond acceptors (Lipinski definition) is 8. The molecule has 2 amide bonds. The first-order chi connectivity index (χ1) is 20.4. The van der Waals surface area contributed by atoms with Crippen molar-refractivity contribution in [1.29, 1.82) is 0 Å². The van der Waals surface area contributed by atoms with E-state index in [4.69, 9.17) is 23.9 Å². The largest absolute Gasteiger partial charge is 0.493 e. The molecule has 2 saturated heterocycles. The van der Waals surface area contributed by atoms with E-state index >= 15 is 0 Å². The first-order valence-electron chi connectivity index (χ1n) is 14.6. The van der Waals surface area contributed by atoms with Crippen molar-refractivity contribution >= 4 is 28.7 Å². The smallest absolute Gasteiger partial charge is 0.409 e. The molecule has 5 rings (SSSR count). The molecule has 10 nitrogen and oxygen atoms in total. The van der Waals surface area contributed by atoms with Gasteiger partial charge in [-0.15, -0.1) is 0 Å². The predicted molar refractivity (Wildman–Crippen MR) is 161 cm³/mol. The van der Waals surface area contributed by atoms with Crippen molar-refractivity contribution < 1.29 is 28.5 Å². The summed E-state index contributed by atoms with van der Waals surface area (Å²) in [5, 5.41) is 1.02. The van der Waals surface area contributed by atoms with Gasteiger partial charge in [-0.2, -0.15) is 0 Å². The number of pyridine rings is 1. The van der Waals surface area contributed by atoms with E-state index in [9.17, 15) is 9.59 Å². The van der Waals surface area contributed by atoms with Crippen LogP contribution in [0.25, 0.3) is 10.9 Å². The van der Waals surface area contributed by atoms with Crippen LogP contribution in [0.2, 0.25) is 0 Å². The second-order valence-electron chi connectivity index (χ2n) is 10.7. The maximum Gasteiger partial charge on any atom is 0.409 e. The highest BCUT2D eigenvalue weighted by molar-refractivity contribution is 5.98. The molecule has 2 aliphatic heterocycles. The molecular weight excluding hydrogens is 536 g/mol. The summed E-state index contributed by atoms with van der Waals surface area (Å²) in [6.07, 6.45) is 1.54. The molecule has 1 unspecified atom stereocenters. The molecule has 0 N–H and O–H groups in total. The number of methoxy groups -OCH3 is 2. The highest BCUT2D eigenvalue weighted by atomic mass is 16.6. The van der Waals surface area contributed by atoms with Gasteiger partial charge in [-0.25, -0.2) is 9.78 Å². The zero-order chi connectivity index (χ0) is 29.6. The number of carbonyl (C=O) groups is 2. The molecule has 2 aromatic carbocycles. The molecule has 0 saturated carbocycles. The van der Waals surface area contributed by atoms with Crippen LogP contribution >= 0.6 is 0 Å². The molecular formula is C32H40N4O6. The Kier molecular flexibility index (Phi) is 9.31. The quantitative estimate of drug-likeness (QED) is 0.363. The molecule has 2 fully saturated rings. The van der Waals surface area contributed by atoms with Gasteiger partial charge in [0.05, 0.1) is 38.0 Å². The number of aryl methyl sites for hydroxylation is 1. The van der Waals surface area contributed by atoms with Gasteiger partial charge in [0.25, 0.3) is 5.91 Å². The van der Waals surface area contributed by atoms with Gasteiger partial charge < -0.3 is 33.6 Å². The first-order valence-corrected chi connectivity index (χ1v) is 14.6. The Hall–Kier alpha value is -4.05. The van der Waals surface area contributed by atoms with Crippen molar-refractivity contribution in [3.8, 4) is 11.5 Å². The number of piperazine rings is 1. The molecule has 1 atom stereocenters. The maximum atomic E-state index is 14.2. The Morgan fingerprint density at radius 1 is 1.07 bits per heavy atom. The van der Waals surface area contributed by atoms with Crippen molar-refractivity contribution in [3.63, 3.8) is 0 Å². The van der Waals surface area contributed by atoms with Gasteiger partial charge in [0.2, 0.25) is 0 Å². The van der Waals surface area contributed by atoms with Gasteiger partial charge in [-0.05, 0) is 50.5 Å². The molecule has 0 bridgehead atoms. The number of rotatable bonds is 9. The minimum atomic E-state index is -0.291. The van der Waals surface area contributed by atoms with Crippen molar-refractivity contribution in [3.05, 3.63) is 59.2 Å². The second kappa shape index (κ2) is 13.3. The van der Waals surface area contributed by atoms with E-state index in [1.54, 1.807) is 37.3 Å². The molecule has 0 radical (unpaired) electrons. The van der Waals surface area contributed by atoms with Crippen LogP contribution in [-0.4, -0.2) is 93.0 Å². The normalized spacial score (nSPS) is 16.9. The van der Waals surface area contributed by atoms with Crippen LogP contribution in [0.1, 0.15) is 41.3 Å². The van der Waals surface area contributed by atoms with E-state index in [1.165, 1.54) is 0 Å². The van der Waals surface area contributed by atoms with Gasteiger partial charge in [0, 0.05) is 56.8 Å². The van der Waals surface area contributed by atoms with E-state index < -0.39 is 0 Å². The third-order valence-electron chi connectivity index (χ3n) is 7.94. The number of benzene rings is 2. The fourth-order valence-corrected chi connectivity index (χ4v) is 5.77. The van der Waals surface area contributed by atoms with Gasteiger partial charge in [-0.1, -0.05) is 24.3 Å². The SMILES string of the molecule is CCOC(=O)N1CCN(c2nc3c(C)cccc3cc2CN(CC2CCCO2)C(=O)c2cccc(OC)c2OC)CC1. The summed E-state index contributed by atoms with van der Waals surface area (Å²) in [6, 6.07) is 13.6. The van der Waals surface area contributed by atoms with Crippen LogP contribution in [0.4, 0.5) is 10.6 Å². The summed E-state index contributed by atoms with van der Waals surface area (Å²) < 4.78 is 22.3. The molecule has 1 aromatic heterocycles. The zero-order valence-corrected chi connectivity index (χ0v) is 24.9. The molecule has 0 spiro atoms. The van der Waals surface area contributed by atoms with Crippen molar-refractivity contribution in [2.45, 2.75) is 39.3 Å². The third-order valence-corrected chi connectivity index (χ3v) is 7.94. The lowest BCUT2D eigenvalue weighted by atomic mass is 10.1. The van der Waals surface area contributed by atoms with Crippen LogP contribution in [0.5, 0.6) is 11.5 Å². The number of para-hydroxylation sites is 2. The van der Waals surface area contributed by atoms with Crippen LogP contribution < -0.4 is 14.4 Å². The minimum Gasteiger partial charge on any atom is -0.493 e. The van der Waals surface area contributed by atoms with Gasteiger partial charge >= 0.3 is 6.09 Å². The highest BCUT2D eigenvalue weighted by Gasteiger charge is 2.30. The monoisotopic (exact) mass is 576 g/mol. The standard InChI is InChI=1S/C32H40N4O6/c1-5-41-32(38)35-16-14-34(15-17-35)30-24(19-23-10-6-9-22(2)28(23)33-30)20-36(21-25-11-8-18-42-25)31(37)26-12-7-13-27(39-3)29(26)40-4/h6-7,9-10,12-13,19,25H,5,8,11,14-18,20-21H2,1-4H3. The highest BCUT2D eigenvalue weighted by Crippen LogP contribution is 2.33. The van der Waals surface area contributed by atoms with E-state index in [2.05, 4.69) is 30.0 Å². The van der Waals surface area contributed by atoms with Crippen molar-refractivity contribution in [2.75, 3.05) is 65.1 Å².